The van der Waals surface area contributed by atoms with Crippen LogP contribution in [0.2, 0.25) is 0 Å². The monoisotopic (exact) mass is 221 g/mol. The predicted molar refractivity (Wildman–Crippen MR) is 68.9 cm³/mol. The molecule has 2 rings (SSSR count). The molecule has 3 nitrogen and oxygen atoms in total. The largest absolute Gasteiger partial charge is 0.357 e. The van der Waals surface area contributed by atoms with Crippen LogP contribution in [0.5, 0.6) is 0 Å². The van der Waals surface area contributed by atoms with Crippen molar-refractivity contribution >= 4 is 5.82 Å². The first-order valence-corrected chi connectivity index (χ1v) is 6.39. The lowest BCUT2D eigenvalue weighted by molar-refractivity contribution is 0.866. The molecule has 1 fully saturated rings. The Balaban J connectivity index is 0.000000606. The summed E-state index contributed by atoms with van der Waals surface area (Å²) in [6.45, 7) is 10.4. The van der Waals surface area contributed by atoms with Crippen LogP contribution in [0.4, 0.5) is 5.82 Å². The van der Waals surface area contributed by atoms with Gasteiger partial charge in [-0.05, 0) is 19.8 Å². The van der Waals surface area contributed by atoms with Crippen molar-refractivity contribution in [3.05, 3.63) is 17.6 Å². The van der Waals surface area contributed by atoms with Crippen LogP contribution in [0.15, 0.2) is 6.07 Å². The van der Waals surface area contributed by atoms with E-state index in [1.165, 1.54) is 12.8 Å². The van der Waals surface area contributed by atoms with Gasteiger partial charge in [0.15, 0.2) is 0 Å². The van der Waals surface area contributed by atoms with Gasteiger partial charge < -0.3 is 4.90 Å². The first-order chi connectivity index (χ1) is 7.79. The summed E-state index contributed by atoms with van der Waals surface area (Å²) in [5.41, 5.74) is 1.08. The van der Waals surface area contributed by atoms with Gasteiger partial charge in [0.05, 0.1) is 0 Å². The molecule has 2 heterocycles. The highest BCUT2D eigenvalue weighted by Gasteiger charge is 2.14. The number of rotatable bonds is 2. The summed E-state index contributed by atoms with van der Waals surface area (Å²) in [7, 11) is 0. The van der Waals surface area contributed by atoms with E-state index in [9.17, 15) is 0 Å². The molecule has 0 aliphatic carbocycles. The van der Waals surface area contributed by atoms with Crippen molar-refractivity contribution in [2.75, 3.05) is 18.0 Å². The number of anilines is 1. The van der Waals surface area contributed by atoms with Crippen molar-refractivity contribution in [1.29, 1.82) is 0 Å². The van der Waals surface area contributed by atoms with E-state index in [2.05, 4.69) is 27.9 Å². The van der Waals surface area contributed by atoms with Crippen molar-refractivity contribution in [2.45, 2.75) is 47.0 Å². The Labute approximate surface area is 98.9 Å². The lowest BCUT2D eigenvalue weighted by atomic mass is 10.3. The van der Waals surface area contributed by atoms with Gasteiger partial charge in [-0.25, -0.2) is 9.97 Å². The maximum absolute atomic E-state index is 4.55. The third-order valence-corrected chi connectivity index (χ3v) is 2.63. The Hall–Kier alpha value is -1.12. The number of hydrogen-bond donors (Lipinski definition) is 0. The molecular formula is C13H23N3. The van der Waals surface area contributed by atoms with Crippen molar-refractivity contribution < 1.29 is 0 Å². The van der Waals surface area contributed by atoms with Gasteiger partial charge in [0.2, 0.25) is 0 Å². The van der Waals surface area contributed by atoms with E-state index in [-0.39, 0.29) is 0 Å². The Morgan fingerprint density at radius 2 is 1.81 bits per heavy atom. The van der Waals surface area contributed by atoms with Crippen molar-refractivity contribution in [3.8, 4) is 0 Å². The Kier molecular flexibility index (Phi) is 5.23. The average Bonchev–Trinajstić information content (AvgIpc) is 2.84. The van der Waals surface area contributed by atoms with Crippen LogP contribution < -0.4 is 4.90 Å². The predicted octanol–water partition coefficient (Wildman–Crippen LogP) is 2.97. The zero-order chi connectivity index (χ0) is 12.0. The second kappa shape index (κ2) is 6.46. The highest BCUT2D eigenvalue weighted by atomic mass is 15.2. The van der Waals surface area contributed by atoms with E-state index in [1.54, 1.807) is 0 Å². The fourth-order valence-electron chi connectivity index (χ4n) is 1.88. The molecule has 0 spiro atoms. The molecule has 0 bridgehead atoms. The van der Waals surface area contributed by atoms with Gasteiger partial charge in [-0.3, -0.25) is 0 Å². The van der Waals surface area contributed by atoms with Crippen LogP contribution in [0.3, 0.4) is 0 Å². The second-order valence-electron chi connectivity index (χ2n) is 3.83. The lowest BCUT2D eigenvalue weighted by Crippen LogP contribution is -2.20. The summed E-state index contributed by atoms with van der Waals surface area (Å²) in [6.07, 6.45) is 3.51. The number of nitrogens with zero attached hydrogens (tertiary/aromatic N) is 3. The Morgan fingerprint density at radius 1 is 1.19 bits per heavy atom. The first-order valence-electron chi connectivity index (χ1n) is 6.39. The highest BCUT2D eigenvalue weighted by molar-refractivity contribution is 5.40. The fourth-order valence-corrected chi connectivity index (χ4v) is 1.88. The molecule has 16 heavy (non-hydrogen) atoms. The van der Waals surface area contributed by atoms with E-state index >= 15 is 0 Å². The van der Waals surface area contributed by atoms with Crippen molar-refractivity contribution in [3.63, 3.8) is 0 Å². The minimum atomic E-state index is 0.919. The van der Waals surface area contributed by atoms with Crippen LogP contribution in [0.25, 0.3) is 0 Å². The molecule has 0 atom stereocenters. The third kappa shape index (κ3) is 3.19. The molecule has 0 N–H and O–H groups in total. The average molecular weight is 221 g/mol. The van der Waals surface area contributed by atoms with Gasteiger partial charge in [0, 0.05) is 31.3 Å². The number of aromatic nitrogens is 2. The zero-order valence-electron chi connectivity index (χ0n) is 11.0. The molecule has 1 aromatic rings. The molecule has 3 heteroatoms. The number of hydrogen-bond acceptors (Lipinski definition) is 3. The maximum atomic E-state index is 4.55. The summed E-state index contributed by atoms with van der Waals surface area (Å²) in [5.74, 6) is 2.08. The summed E-state index contributed by atoms with van der Waals surface area (Å²) >= 11 is 0. The third-order valence-electron chi connectivity index (χ3n) is 2.63. The van der Waals surface area contributed by atoms with Crippen LogP contribution in [-0.2, 0) is 6.42 Å². The van der Waals surface area contributed by atoms with Gasteiger partial charge in [0.1, 0.15) is 11.6 Å². The molecule has 0 saturated carbocycles. The van der Waals surface area contributed by atoms with Gasteiger partial charge in [-0.15, -0.1) is 0 Å². The van der Waals surface area contributed by atoms with E-state index in [4.69, 9.17) is 0 Å². The summed E-state index contributed by atoms with van der Waals surface area (Å²) in [5, 5.41) is 0. The molecular weight excluding hydrogens is 198 g/mol. The summed E-state index contributed by atoms with van der Waals surface area (Å²) < 4.78 is 0. The molecule has 90 valence electrons. The van der Waals surface area contributed by atoms with E-state index < -0.39 is 0 Å². The molecule has 1 saturated heterocycles. The molecule has 0 aromatic carbocycles. The molecule has 1 aliphatic heterocycles. The van der Waals surface area contributed by atoms with Crippen LogP contribution in [0.1, 0.15) is 45.1 Å². The first kappa shape index (κ1) is 12.9. The smallest absolute Gasteiger partial charge is 0.132 e. The minimum Gasteiger partial charge on any atom is -0.357 e. The maximum Gasteiger partial charge on any atom is 0.132 e. The quantitative estimate of drug-likeness (QED) is 0.769. The highest BCUT2D eigenvalue weighted by Crippen LogP contribution is 2.18. The van der Waals surface area contributed by atoms with Gasteiger partial charge in [0.25, 0.3) is 0 Å². The van der Waals surface area contributed by atoms with Gasteiger partial charge in [-0.2, -0.15) is 0 Å². The van der Waals surface area contributed by atoms with Crippen molar-refractivity contribution in [1.82, 2.24) is 9.97 Å². The van der Waals surface area contributed by atoms with E-state index in [0.29, 0.717) is 0 Å². The van der Waals surface area contributed by atoms with Crippen LogP contribution >= 0.6 is 0 Å². The Morgan fingerprint density at radius 3 is 2.38 bits per heavy atom. The van der Waals surface area contributed by atoms with Crippen LogP contribution in [0, 0.1) is 6.92 Å². The summed E-state index contributed by atoms with van der Waals surface area (Å²) in [6, 6.07) is 2.09. The topological polar surface area (TPSA) is 29.0 Å². The summed E-state index contributed by atoms with van der Waals surface area (Å²) in [4.78, 5) is 11.3. The second-order valence-corrected chi connectivity index (χ2v) is 3.83. The SMILES string of the molecule is CC.CCc1nc(C)cc(N2CCCC2)n1. The van der Waals surface area contributed by atoms with Gasteiger partial charge in [-0.1, -0.05) is 20.8 Å². The standard InChI is InChI=1S/C11H17N3.C2H6/c1-3-10-12-9(2)8-11(13-10)14-6-4-5-7-14;1-2/h8H,3-7H2,1-2H3;1-2H3. The molecule has 0 unspecified atom stereocenters. The molecule has 0 radical (unpaired) electrons. The number of aryl methyl sites for hydroxylation is 2. The van der Waals surface area contributed by atoms with Crippen molar-refractivity contribution in [2.24, 2.45) is 0 Å². The minimum absolute atomic E-state index is 0.919. The van der Waals surface area contributed by atoms with E-state index in [0.717, 1.165) is 36.8 Å². The lowest BCUT2D eigenvalue weighted by Gasteiger charge is -2.17. The normalized spacial score (nSPS) is 14.6. The molecule has 0 amide bonds. The molecule has 1 aliphatic rings. The van der Waals surface area contributed by atoms with Crippen LogP contribution in [-0.4, -0.2) is 23.1 Å². The zero-order valence-corrected chi connectivity index (χ0v) is 11.0. The van der Waals surface area contributed by atoms with E-state index in [1.807, 2.05) is 20.8 Å². The molecule has 1 aromatic heterocycles. The fraction of sp³-hybridized carbons (Fsp3) is 0.692. The Bertz CT molecular complexity index is 317. The van der Waals surface area contributed by atoms with Gasteiger partial charge >= 0.3 is 0 Å².